The van der Waals surface area contributed by atoms with Crippen molar-refractivity contribution in [3.8, 4) is 11.4 Å². The Hall–Kier alpha value is -3.26. The van der Waals surface area contributed by atoms with E-state index in [1.165, 1.54) is 16.8 Å². The second kappa shape index (κ2) is 8.40. The molecule has 3 aromatic rings. The van der Waals surface area contributed by atoms with E-state index < -0.39 is 5.91 Å². The van der Waals surface area contributed by atoms with E-state index in [4.69, 9.17) is 9.47 Å². The van der Waals surface area contributed by atoms with Gasteiger partial charge in [-0.2, -0.15) is 0 Å². The predicted molar refractivity (Wildman–Crippen MR) is 105 cm³/mol. The van der Waals surface area contributed by atoms with Gasteiger partial charge in [0.25, 0.3) is 5.91 Å². The molecule has 1 atom stereocenters. The molecule has 7 nitrogen and oxygen atoms in total. The maximum atomic E-state index is 13.1. The van der Waals surface area contributed by atoms with Crippen LogP contribution in [0.4, 0.5) is 10.1 Å². The van der Waals surface area contributed by atoms with Crippen LogP contribution in [0.2, 0.25) is 0 Å². The maximum Gasteiger partial charge on any atom is 0.295 e. The number of carbonyl (C=O) groups excluding carboxylic acids is 1. The van der Waals surface area contributed by atoms with Gasteiger partial charge in [0.15, 0.2) is 0 Å². The third-order valence-corrected chi connectivity index (χ3v) is 4.60. The largest absolute Gasteiger partial charge is 0.491 e. The summed E-state index contributed by atoms with van der Waals surface area (Å²) in [4.78, 5) is 16.8. The van der Waals surface area contributed by atoms with E-state index in [1.807, 2.05) is 6.07 Å². The molecule has 2 heterocycles. The van der Waals surface area contributed by atoms with Crippen LogP contribution >= 0.6 is 0 Å². The molecule has 0 saturated carbocycles. The molecule has 150 valence electrons. The van der Waals surface area contributed by atoms with Gasteiger partial charge in [-0.3, -0.25) is 4.79 Å². The number of amides is 1. The molecule has 1 aromatic heterocycles. The Morgan fingerprint density at radius 3 is 2.90 bits per heavy atom. The van der Waals surface area contributed by atoms with E-state index >= 15 is 0 Å². The highest BCUT2D eigenvalue weighted by atomic mass is 19.1. The van der Waals surface area contributed by atoms with Gasteiger partial charge in [-0.1, -0.05) is 6.07 Å². The van der Waals surface area contributed by atoms with Crippen LogP contribution in [0.1, 0.15) is 29.3 Å². The Bertz CT molecular complexity index is 997. The van der Waals surface area contributed by atoms with Crippen LogP contribution in [0.3, 0.4) is 0 Å². The van der Waals surface area contributed by atoms with Crippen molar-refractivity contribution in [3.63, 3.8) is 0 Å². The summed E-state index contributed by atoms with van der Waals surface area (Å²) in [6.07, 6.45) is 2.18. The molecule has 1 aliphatic heterocycles. The van der Waals surface area contributed by atoms with E-state index in [-0.39, 0.29) is 17.7 Å². The molecular formula is C21H21FN4O3. The molecule has 1 amide bonds. The van der Waals surface area contributed by atoms with Crippen LogP contribution in [-0.4, -0.2) is 40.0 Å². The van der Waals surface area contributed by atoms with E-state index in [0.717, 1.165) is 19.4 Å². The second-order valence-corrected chi connectivity index (χ2v) is 6.80. The highest BCUT2D eigenvalue weighted by Crippen LogP contribution is 2.20. The van der Waals surface area contributed by atoms with Gasteiger partial charge >= 0.3 is 0 Å². The van der Waals surface area contributed by atoms with Gasteiger partial charge in [-0.15, -0.1) is 5.10 Å². The van der Waals surface area contributed by atoms with Crippen LogP contribution in [0, 0.1) is 12.7 Å². The minimum absolute atomic E-state index is 0.0255. The first kappa shape index (κ1) is 19.1. The van der Waals surface area contributed by atoms with Gasteiger partial charge in [0.1, 0.15) is 24.0 Å². The number of anilines is 1. The third-order valence-electron chi connectivity index (χ3n) is 4.60. The lowest BCUT2D eigenvalue weighted by molar-refractivity contribution is 0.0680. The van der Waals surface area contributed by atoms with E-state index in [2.05, 4.69) is 15.4 Å². The van der Waals surface area contributed by atoms with Crippen LogP contribution in [0.5, 0.6) is 5.75 Å². The molecule has 1 saturated heterocycles. The van der Waals surface area contributed by atoms with E-state index in [1.54, 1.807) is 37.3 Å². The minimum atomic E-state index is -0.440. The van der Waals surface area contributed by atoms with Crippen LogP contribution in [0.25, 0.3) is 5.69 Å². The minimum Gasteiger partial charge on any atom is -0.491 e. The first-order valence-corrected chi connectivity index (χ1v) is 9.44. The molecule has 8 heteroatoms. The summed E-state index contributed by atoms with van der Waals surface area (Å²) in [5.74, 6) is 0.420. The van der Waals surface area contributed by atoms with E-state index in [9.17, 15) is 9.18 Å². The first-order valence-electron chi connectivity index (χ1n) is 9.44. The lowest BCUT2D eigenvalue weighted by Gasteiger charge is -2.12. The fourth-order valence-electron chi connectivity index (χ4n) is 3.13. The Kier molecular flexibility index (Phi) is 5.53. The number of nitrogens with one attached hydrogen (secondary N) is 1. The monoisotopic (exact) mass is 396 g/mol. The molecular weight excluding hydrogens is 375 g/mol. The molecule has 29 heavy (non-hydrogen) atoms. The normalized spacial score (nSPS) is 16.0. The van der Waals surface area contributed by atoms with Gasteiger partial charge in [0, 0.05) is 18.4 Å². The number of aryl methyl sites for hydroxylation is 1. The molecule has 1 unspecified atom stereocenters. The number of rotatable bonds is 6. The van der Waals surface area contributed by atoms with Gasteiger partial charge < -0.3 is 14.8 Å². The van der Waals surface area contributed by atoms with Crippen LogP contribution in [-0.2, 0) is 4.74 Å². The smallest absolute Gasteiger partial charge is 0.295 e. The zero-order chi connectivity index (χ0) is 20.2. The standard InChI is InChI=1S/C21H21FN4O3/c1-14-23-20(25-26(14)17-9-7-15(22)8-10-17)21(27)24-16-4-2-5-18(12-16)29-13-19-6-3-11-28-19/h2,4-5,7-10,12,19H,3,6,11,13H2,1H3,(H,24,27). The third kappa shape index (κ3) is 4.60. The summed E-state index contributed by atoms with van der Waals surface area (Å²) in [6, 6.07) is 13.0. The number of hydrogen-bond acceptors (Lipinski definition) is 5. The summed E-state index contributed by atoms with van der Waals surface area (Å²) in [5, 5.41) is 7.02. The van der Waals surface area contributed by atoms with E-state index in [0.29, 0.717) is 29.6 Å². The summed E-state index contributed by atoms with van der Waals surface area (Å²) in [5.41, 5.74) is 1.20. The topological polar surface area (TPSA) is 78.3 Å². The summed E-state index contributed by atoms with van der Waals surface area (Å²) >= 11 is 0. The lowest BCUT2D eigenvalue weighted by atomic mass is 10.2. The highest BCUT2D eigenvalue weighted by Gasteiger charge is 2.17. The van der Waals surface area contributed by atoms with Crippen molar-refractivity contribution in [1.82, 2.24) is 14.8 Å². The predicted octanol–water partition coefficient (Wildman–Crippen LogP) is 3.52. The average Bonchev–Trinajstić information content (AvgIpc) is 3.37. The Balaban J connectivity index is 1.43. The van der Waals surface area contributed by atoms with Crippen molar-refractivity contribution in [1.29, 1.82) is 0 Å². The zero-order valence-corrected chi connectivity index (χ0v) is 16.0. The van der Waals surface area contributed by atoms with Crippen LogP contribution < -0.4 is 10.1 Å². The summed E-state index contributed by atoms with van der Waals surface area (Å²) < 4.78 is 25.9. The average molecular weight is 396 g/mol. The number of ether oxygens (including phenoxy) is 2. The van der Waals surface area contributed by atoms with Gasteiger partial charge in [-0.25, -0.2) is 14.1 Å². The lowest BCUT2D eigenvalue weighted by Crippen LogP contribution is -2.17. The fraction of sp³-hybridized carbons (Fsp3) is 0.286. The van der Waals surface area contributed by atoms with Gasteiger partial charge in [-0.05, 0) is 56.2 Å². The molecule has 0 aliphatic carbocycles. The van der Waals surface area contributed by atoms with Gasteiger partial charge in [0.2, 0.25) is 5.82 Å². The van der Waals surface area contributed by atoms with Crippen molar-refractivity contribution in [3.05, 3.63) is 66.0 Å². The Labute approximate surface area is 167 Å². The van der Waals surface area contributed by atoms with Crippen molar-refractivity contribution in [2.24, 2.45) is 0 Å². The highest BCUT2D eigenvalue weighted by molar-refractivity contribution is 6.01. The second-order valence-electron chi connectivity index (χ2n) is 6.80. The first-order chi connectivity index (χ1) is 14.1. The quantitative estimate of drug-likeness (QED) is 0.690. The summed E-state index contributed by atoms with van der Waals surface area (Å²) in [7, 11) is 0. The number of benzene rings is 2. The van der Waals surface area contributed by atoms with Gasteiger partial charge in [0.05, 0.1) is 11.8 Å². The molecule has 0 spiro atoms. The van der Waals surface area contributed by atoms with Crippen molar-refractivity contribution in [2.75, 3.05) is 18.5 Å². The van der Waals surface area contributed by atoms with Crippen molar-refractivity contribution >= 4 is 11.6 Å². The molecule has 1 aliphatic rings. The maximum absolute atomic E-state index is 13.1. The molecule has 4 rings (SSSR count). The number of aromatic nitrogens is 3. The molecule has 0 radical (unpaired) electrons. The summed E-state index contributed by atoms with van der Waals surface area (Å²) in [6.45, 7) is 2.99. The Morgan fingerprint density at radius 2 is 2.14 bits per heavy atom. The van der Waals surface area contributed by atoms with Crippen molar-refractivity contribution in [2.45, 2.75) is 25.9 Å². The molecule has 1 N–H and O–H groups in total. The SMILES string of the molecule is Cc1nc(C(=O)Nc2cccc(OCC3CCCO3)c2)nn1-c1ccc(F)cc1. The number of nitrogens with zero attached hydrogens (tertiary/aromatic N) is 3. The fourth-order valence-corrected chi connectivity index (χ4v) is 3.13. The number of hydrogen-bond donors (Lipinski definition) is 1. The zero-order valence-electron chi connectivity index (χ0n) is 16.0. The number of halogens is 1. The van der Waals surface area contributed by atoms with Crippen molar-refractivity contribution < 1.29 is 18.7 Å². The van der Waals surface area contributed by atoms with Crippen LogP contribution in [0.15, 0.2) is 48.5 Å². The Morgan fingerprint density at radius 1 is 1.31 bits per heavy atom. The number of carbonyl (C=O) groups is 1. The molecule has 1 fully saturated rings. The molecule has 0 bridgehead atoms. The molecule has 2 aromatic carbocycles.